The second-order valence-corrected chi connectivity index (χ2v) is 5.48. The number of rotatable bonds is 2. The minimum atomic E-state index is -0.509. The summed E-state index contributed by atoms with van der Waals surface area (Å²) in [6.07, 6.45) is 2.97. The molecule has 1 unspecified atom stereocenters. The van der Waals surface area contributed by atoms with E-state index in [0.29, 0.717) is 0 Å². The fourth-order valence-electron chi connectivity index (χ4n) is 3.02. The van der Waals surface area contributed by atoms with Gasteiger partial charge in [-0.15, -0.1) is 0 Å². The lowest BCUT2D eigenvalue weighted by Crippen LogP contribution is -2.56. The average molecular weight is 216 g/mol. The Balaban J connectivity index is 2.37. The van der Waals surface area contributed by atoms with Crippen molar-refractivity contribution >= 4 is 0 Å². The smallest absolute Gasteiger partial charge is 0.211 e. The van der Waals surface area contributed by atoms with Crippen LogP contribution in [0.15, 0.2) is 0 Å². The summed E-state index contributed by atoms with van der Waals surface area (Å²) in [5, 5.41) is 5.17. The van der Waals surface area contributed by atoms with Gasteiger partial charge in [0.1, 0.15) is 11.7 Å². The molecule has 3 heteroatoms. The predicted molar refractivity (Wildman–Crippen MR) is 57.7 cm³/mol. The molecule has 0 aromatic rings. The first-order chi connectivity index (χ1) is 7.49. The van der Waals surface area contributed by atoms with Crippen LogP contribution < -0.4 is 0 Å². The van der Waals surface area contributed by atoms with Crippen LogP contribution in [0.1, 0.15) is 40.0 Å². The fraction of sp³-hybridized carbons (Fsp3) is 1.00. The Labute approximate surface area is 93.3 Å². The van der Waals surface area contributed by atoms with Gasteiger partial charge in [-0.3, -0.25) is 0 Å². The van der Waals surface area contributed by atoms with Crippen molar-refractivity contribution in [2.45, 2.75) is 63.9 Å². The molecule has 3 nitrogen and oxygen atoms in total. The summed E-state index contributed by atoms with van der Waals surface area (Å²) in [7, 11) is 1.71. The fourth-order valence-corrected chi connectivity index (χ4v) is 3.02. The normalized spacial score (nSPS) is 49.9. The summed E-state index contributed by atoms with van der Waals surface area (Å²) < 4.78 is 19.0. The Bertz CT molecular complexity index is 269. The molecule has 88 valence electrons. The molecule has 0 amide bonds. The van der Waals surface area contributed by atoms with Crippen LogP contribution in [0.25, 0.3) is 0 Å². The van der Waals surface area contributed by atoms with Gasteiger partial charge < -0.3 is 14.6 Å². The van der Waals surface area contributed by atoms with Crippen LogP contribution in [0.5, 0.6) is 0 Å². The van der Waals surface area contributed by atoms with Crippen LogP contribution in [0.4, 0.5) is 0 Å². The van der Waals surface area contributed by atoms with Gasteiger partial charge in [0.05, 0.1) is 12.2 Å². The standard InChI is InChI=1S/C12H22O3/c1-8-11(2,3)12(13)7-5-6-9(14-4)10(12)15-8/h8-10,13H,5-7H2,1-4H3/t8?,9-,10-,12-/m0/s1/i13T. The van der Waals surface area contributed by atoms with Crippen molar-refractivity contribution in [3.05, 3.63) is 0 Å². The van der Waals surface area contributed by atoms with E-state index >= 15 is 0 Å². The molecule has 15 heavy (non-hydrogen) atoms. The molecule has 1 saturated heterocycles. The first-order valence-electron chi connectivity index (χ1n) is 6.23. The molecule has 1 N–H and O–H groups in total. The summed E-state index contributed by atoms with van der Waals surface area (Å²) in [5.74, 6) is 0. The van der Waals surface area contributed by atoms with E-state index < -0.39 is 5.60 Å². The molecule has 0 radical (unpaired) electrons. The van der Waals surface area contributed by atoms with Crippen LogP contribution in [0.2, 0.25) is 0 Å². The molecular weight excluding hydrogens is 192 g/mol. The SMILES string of the molecule is [3H]O[C@@]12CCC[C@H](OC)[C@@H]1OC(C)C2(C)C. The van der Waals surface area contributed by atoms with Crippen molar-refractivity contribution < 1.29 is 14.6 Å². The Hall–Kier alpha value is -0.120. The highest BCUT2D eigenvalue weighted by Crippen LogP contribution is 2.52. The van der Waals surface area contributed by atoms with Crippen LogP contribution >= 0.6 is 0 Å². The maximum atomic E-state index is 7.49. The first kappa shape index (κ1) is 10.1. The van der Waals surface area contributed by atoms with Crippen molar-refractivity contribution in [1.29, 1.82) is 1.43 Å². The van der Waals surface area contributed by atoms with Gasteiger partial charge in [0.2, 0.25) is 1.43 Å². The largest absolute Gasteiger partial charge is 0.386 e. The average Bonchev–Trinajstić information content (AvgIpc) is 2.48. The zero-order valence-corrected chi connectivity index (χ0v) is 10.1. The highest BCUT2D eigenvalue weighted by molar-refractivity contribution is 5.11. The first-order valence-corrected chi connectivity index (χ1v) is 5.82. The van der Waals surface area contributed by atoms with Crippen molar-refractivity contribution in [2.24, 2.45) is 5.41 Å². The molecule has 0 bridgehead atoms. The van der Waals surface area contributed by atoms with Gasteiger partial charge in [0.15, 0.2) is 0 Å². The molecule has 2 aliphatic rings. The highest BCUT2D eigenvalue weighted by Gasteiger charge is 2.62. The van der Waals surface area contributed by atoms with Gasteiger partial charge >= 0.3 is 0 Å². The third-order valence-corrected chi connectivity index (χ3v) is 4.59. The Morgan fingerprint density at radius 3 is 2.87 bits per heavy atom. The minimum Gasteiger partial charge on any atom is -0.386 e. The predicted octanol–water partition coefficient (Wildman–Crippen LogP) is 1.73. The Morgan fingerprint density at radius 1 is 1.53 bits per heavy atom. The van der Waals surface area contributed by atoms with E-state index in [1.807, 2.05) is 0 Å². The lowest BCUT2D eigenvalue weighted by molar-refractivity contribution is -0.153. The Kier molecular flexibility index (Phi) is 2.31. The molecule has 1 aliphatic carbocycles. The highest BCUT2D eigenvalue weighted by atomic mass is 16.6. The lowest BCUT2D eigenvalue weighted by Gasteiger charge is -2.44. The van der Waals surface area contributed by atoms with Gasteiger partial charge in [-0.05, 0) is 26.2 Å². The van der Waals surface area contributed by atoms with E-state index in [1.54, 1.807) is 7.11 Å². The molecule has 1 aliphatic heterocycles. The molecule has 1 heterocycles. The second kappa shape index (κ2) is 3.44. The topological polar surface area (TPSA) is 38.7 Å². The summed E-state index contributed by atoms with van der Waals surface area (Å²) in [5.41, 5.74) is -0.651. The van der Waals surface area contributed by atoms with Crippen molar-refractivity contribution in [2.75, 3.05) is 7.11 Å². The van der Waals surface area contributed by atoms with Crippen LogP contribution in [0, 0.1) is 5.41 Å². The van der Waals surface area contributed by atoms with Gasteiger partial charge in [0, 0.05) is 12.5 Å². The van der Waals surface area contributed by atoms with Crippen LogP contribution in [-0.4, -0.2) is 37.6 Å². The maximum absolute atomic E-state index is 7.49. The zero-order chi connectivity index (χ0) is 12.0. The summed E-state index contributed by atoms with van der Waals surface area (Å²) >= 11 is 0. The molecule has 0 spiro atoms. The maximum Gasteiger partial charge on any atom is 0.211 e. The number of ether oxygens (including phenoxy) is 2. The summed E-state index contributed by atoms with van der Waals surface area (Å²) in [6.45, 7) is 6.32. The lowest BCUT2D eigenvalue weighted by atomic mass is 9.65. The molecule has 4 atom stereocenters. The quantitative estimate of drug-likeness (QED) is 0.764. The molecule has 0 aromatic carbocycles. The minimum absolute atomic E-state index is 0.0586. The third kappa shape index (κ3) is 1.37. The number of hydrogen-bond acceptors (Lipinski definition) is 3. The van der Waals surface area contributed by atoms with Crippen LogP contribution in [-0.2, 0) is 9.47 Å². The van der Waals surface area contributed by atoms with E-state index in [9.17, 15) is 0 Å². The van der Waals surface area contributed by atoms with Crippen molar-refractivity contribution in [3.8, 4) is 0 Å². The summed E-state index contributed by atoms with van der Waals surface area (Å²) in [4.78, 5) is 0. The molecule has 2 rings (SSSR count). The van der Waals surface area contributed by atoms with Crippen LogP contribution in [0.3, 0.4) is 0 Å². The second-order valence-electron chi connectivity index (χ2n) is 5.48. The van der Waals surface area contributed by atoms with Gasteiger partial charge in [-0.2, -0.15) is 0 Å². The molecule has 0 aromatic heterocycles. The number of methoxy groups -OCH3 is 1. The van der Waals surface area contributed by atoms with Gasteiger partial charge in [-0.1, -0.05) is 13.8 Å². The van der Waals surface area contributed by atoms with Gasteiger partial charge in [0.25, 0.3) is 0 Å². The number of aliphatic hydroxyl groups is 1. The monoisotopic (exact) mass is 216 g/mol. The van der Waals surface area contributed by atoms with E-state index in [1.165, 1.54) is 0 Å². The van der Waals surface area contributed by atoms with E-state index in [-0.39, 0.29) is 23.7 Å². The molecule has 1 saturated carbocycles. The van der Waals surface area contributed by atoms with Gasteiger partial charge in [-0.25, -0.2) is 0 Å². The third-order valence-electron chi connectivity index (χ3n) is 4.59. The summed E-state index contributed by atoms with van der Waals surface area (Å²) in [6, 6.07) is 0. The van der Waals surface area contributed by atoms with E-state index in [0.717, 1.165) is 19.3 Å². The van der Waals surface area contributed by atoms with E-state index in [2.05, 4.69) is 20.8 Å². The number of hydrogen-bond donors (Lipinski definition) is 1. The van der Waals surface area contributed by atoms with E-state index in [4.69, 9.17) is 16.0 Å². The number of fused-ring (bicyclic) bond motifs is 1. The van der Waals surface area contributed by atoms with Crippen molar-refractivity contribution in [3.63, 3.8) is 0 Å². The molecule has 2 fully saturated rings. The zero-order valence-electron chi connectivity index (χ0n) is 11.1. The van der Waals surface area contributed by atoms with Crippen molar-refractivity contribution in [1.82, 2.24) is 0 Å². The Morgan fingerprint density at radius 2 is 2.27 bits per heavy atom. The molecular formula is C12H22O3.